The van der Waals surface area contributed by atoms with E-state index in [4.69, 9.17) is 9.73 Å². The van der Waals surface area contributed by atoms with Gasteiger partial charge in [0, 0.05) is 35.2 Å². The van der Waals surface area contributed by atoms with Gasteiger partial charge in [-0.25, -0.2) is 5.10 Å². The van der Waals surface area contributed by atoms with Crippen LogP contribution in [0.5, 0.6) is 5.75 Å². The van der Waals surface area contributed by atoms with Crippen molar-refractivity contribution in [1.29, 1.82) is 0 Å². The van der Waals surface area contributed by atoms with Crippen molar-refractivity contribution in [2.24, 2.45) is 10.9 Å². The topological polar surface area (TPSA) is 99.7 Å². The molecule has 8 nitrogen and oxygen atoms in total. The van der Waals surface area contributed by atoms with E-state index >= 15 is 0 Å². The molecule has 0 bridgehead atoms. The summed E-state index contributed by atoms with van der Waals surface area (Å²) in [5, 5.41) is 10.6. The van der Waals surface area contributed by atoms with Gasteiger partial charge in [-0.15, -0.1) is 11.8 Å². The number of allylic oxidation sites excluding steroid dienone is 1. The largest absolute Gasteiger partial charge is 0.488 e. The van der Waals surface area contributed by atoms with E-state index in [0.717, 1.165) is 64.9 Å². The number of benzene rings is 2. The van der Waals surface area contributed by atoms with E-state index in [1.807, 2.05) is 54.9 Å². The number of amides is 1. The van der Waals surface area contributed by atoms with Crippen LogP contribution >= 0.6 is 23.1 Å². The Kier molecular flexibility index (Phi) is 12.0. The molecule has 1 aliphatic heterocycles. The molecule has 1 aromatic heterocycles. The molecule has 1 saturated heterocycles. The summed E-state index contributed by atoms with van der Waals surface area (Å²) in [6.45, 7) is 8.94. The summed E-state index contributed by atoms with van der Waals surface area (Å²) < 4.78 is 6.09. The molecule has 0 saturated carbocycles. The molecule has 4 rings (SSSR count). The van der Waals surface area contributed by atoms with E-state index in [1.54, 1.807) is 23.9 Å². The van der Waals surface area contributed by atoms with Crippen LogP contribution in [-0.4, -0.2) is 65.3 Å². The van der Waals surface area contributed by atoms with Crippen molar-refractivity contribution in [3.8, 4) is 5.75 Å². The van der Waals surface area contributed by atoms with Crippen LogP contribution in [-0.2, 0) is 6.42 Å². The molecule has 0 aliphatic carbocycles. The minimum absolute atomic E-state index is 0.0973. The Balaban J connectivity index is 1.39. The molecule has 0 spiro atoms. The monoisotopic (exact) mass is 607 g/mol. The van der Waals surface area contributed by atoms with Crippen LogP contribution in [0.2, 0.25) is 0 Å². The van der Waals surface area contributed by atoms with Gasteiger partial charge in [0.1, 0.15) is 17.4 Å². The maximum atomic E-state index is 13.3. The molecule has 42 heavy (non-hydrogen) atoms. The van der Waals surface area contributed by atoms with Crippen molar-refractivity contribution in [1.82, 2.24) is 20.4 Å². The Morgan fingerprint density at radius 1 is 1.19 bits per heavy atom. The number of rotatable bonds is 13. The summed E-state index contributed by atoms with van der Waals surface area (Å²) in [5.74, 6) is 0.882. The second kappa shape index (κ2) is 15.9. The molecule has 1 unspecified atom stereocenters. The second-order valence-corrected chi connectivity index (χ2v) is 12.6. The van der Waals surface area contributed by atoms with Crippen LogP contribution in [0.3, 0.4) is 0 Å². The molecule has 2 N–H and O–H groups in total. The Bertz CT molecular complexity index is 1390. The fourth-order valence-electron chi connectivity index (χ4n) is 5.13. The minimum Gasteiger partial charge on any atom is -0.488 e. The normalized spacial score (nSPS) is 16.0. The number of piperidine rings is 1. The highest BCUT2D eigenvalue weighted by Gasteiger charge is 2.30. The first-order valence-electron chi connectivity index (χ1n) is 14.5. The van der Waals surface area contributed by atoms with E-state index in [2.05, 4.69) is 41.2 Å². The van der Waals surface area contributed by atoms with E-state index < -0.39 is 0 Å². The third-order valence-corrected chi connectivity index (χ3v) is 9.24. The number of likely N-dealkylation sites (tertiary alicyclic amines) is 1. The Morgan fingerprint density at radius 3 is 2.50 bits per heavy atom. The SMILES string of the molecule is CC/C(N=Cc1ccccc1)=C(\COc1ccc(C(=O)NC(Cc2n[nH]c(=O)s2)C2CCN(C(C)C)CC2)cc1)SC. The van der Waals surface area contributed by atoms with Crippen LogP contribution in [0, 0.1) is 5.92 Å². The summed E-state index contributed by atoms with van der Waals surface area (Å²) in [4.78, 5) is 33.1. The number of aliphatic imine (C=N–C) groups is 1. The number of hydrogen-bond acceptors (Lipinski definition) is 8. The zero-order valence-corrected chi connectivity index (χ0v) is 26.5. The highest BCUT2D eigenvalue weighted by Crippen LogP contribution is 2.26. The van der Waals surface area contributed by atoms with Gasteiger partial charge >= 0.3 is 4.87 Å². The summed E-state index contributed by atoms with van der Waals surface area (Å²) in [6.07, 6.45) is 7.25. The molecule has 224 valence electrons. The number of hydrogen-bond donors (Lipinski definition) is 2. The fourth-order valence-corrected chi connectivity index (χ4v) is 6.39. The molecule has 1 amide bonds. The lowest BCUT2D eigenvalue weighted by Crippen LogP contribution is -2.47. The number of aromatic amines is 1. The molecular formula is C32H41N5O3S2. The standard InChI is InChI=1S/C32H41N5O3S2/c1-5-27(33-20-23-9-7-6-8-10-23)29(41-4)21-40-26-13-11-25(12-14-26)31(38)34-28(19-30-35-36-32(39)42-30)24-15-17-37(18-16-24)22(2)3/h6-14,20,22,24,28H,5,15-19,21H2,1-4H3,(H,34,38)(H,36,39)/b29-27-,33-20?. The third-order valence-electron chi connectivity index (χ3n) is 7.63. The van der Waals surface area contributed by atoms with Gasteiger partial charge in [0.05, 0.1) is 5.70 Å². The third kappa shape index (κ3) is 9.14. The van der Waals surface area contributed by atoms with Gasteiger partial charge in [-0.3, -0.25) is 14.6 Å². The Hall–Kier alpha value is -3.21. The molecular weight excluding hydrogens is 567 g/mol. The number of nitrogens with zero attached hydrogens (tertiary/aromatic N) is 3. The van der Waals surface area contributed by atoms with Gasteiger partial charge in [-0.05, 0) is 88.2 Å². The highest BCUT2D eigenvalue weighted by molar-refractivity contribution is 8.02. The highest BCUT2D eigenvalue weighted by atomic mass is 32.2. The predicted octanol–water partition coefficient (Wildman–Crippen LogP) is 5.78. The smallest absolute Gasteiger partial charge is 0.322 e. The lowest BCUT2D eigenvalue weighted by molar-refractivity contribution is 0.0877. The van der Waals surface area contributed by atoms with Crippen LogP contribution in [0.1, 0.15) is 61.0 Å². The maximum Gasteiger partial charge on any atom is 0.322 e. The average molecular weight is 608 g/mol. The molecule has 2 heterocycles. The van der Waals surface area contributed by atoms with E-state index in [0.29, 0.717) is 36.3 Å². The Labute approximate surface area is 256 Å². The van der Waals surface area contributed by atoms with Crippen molar-refractivity contribution in [3.63, 3.8) is 0 Å². The predicted molar refractivity (Wildman–Crippen MR) is 174 cm³/mol. The first-order valence-corrected chi connectivity index (χ1v) is 16.6. The van der Waals surface area contributed by atoms with E-state index in [-0.39, 0.29) is 16.8 Å². The van der Waals surface area contributed by atoms with E-state index in [1.165, 1.54) is 0 Å². The van der Waals surface area contributed by atoms with Crippen LogP contribution in [0.4, 0.5) is 0 Å². The van der Waals surface area contributed by atoms with E-state index in [9.17, 15) is 9.59 Å². The quantitative estimate of drug-likeness (QED) is 0.239. The molecule has 10 heteroatoms. The zero-order chi connectivity index (χ0) is 29.9. The molecule has 1 atom stereocenters. The van der Waals surface area contributed by atoms with Crippen molar-refractivity contribution >= 4 is 35.2 Å². The Morgan fingerprint density at radius 2 is 1.90 bits per heavy atom. The molecule has 3 aromatic rings. The summed E-state index contributed by atoms with van der Waals surface area (Å²) >= 11 is 2.75. The number of ether oxygens (including phenoxy) is 1. The van der Waals surface area contributed by atoms with Gasteiger partial charge in [0.25, 0.3) is 5.91 Å². The van der Waals surface area contributed by atoms with Gasteiger partial charge in [0.2, 0.25) is 0 Å². The molecule has 0 radical (unpaired) electrons. The van der Waals surface area contributed by atoms with Gasteiger partial charge < -0.3 is 15.0 Å². The fraction of sp³-hybridized carbons (Fsp3) is 0.438. The molecule has 2 aromatic carbocycles. The van der Waals surface area contributed by atoms with Crippen molar-refractivity contribution in [2.75, 3.05) is 26.0 Å². The number of carbonyl (C=O) groups is 1. The number of thioether (sulfide) groups is 1. The van der Waals surface area contributed by atoms with Gasteiger partial charge in [-0.2, -0.15) is 5.10 Å². The zero-order valence-electron chi connectivity index (χ0n) is 24.8. The second-order valence-electron chi connectivity index (χ2n) is 10.7. The number of H-pyrrole nitrogens is 1. The molecule has 1 aliphatic rings. The van der Waals surface area contributed by atoms with Crippen LogP contribution in [0.15, 0.2) is 75.0 Å². The van der Waals surface area contributed by atoms with Gasteiger partial charge in [0.15, 0.2) is 0 Å². The first kappa shape index (κ1) is 31.7. The van der Waals surface area contributed by atoms with Crippen molar-refractivity contribution in [3.05, 3.63) is 91.0 Å². The van der Waals surface area contributed by atoms with Crippen LogP contribution in [0.25, 0.3) is 0 Å². The number of carbonyl (C=O) groups excluding carboxylic acids is 1. The average Bonchev–Trinajstić information content (AvgIpc) is 3.43. The number of aromatic nitrogens is 2. The summed E-state index contributed by atoms with van der Waals surface area (Å²) in [5.41, 5.74) is 2.63. The van der Waals surface area contributed by atoms with Crippen LogP contribution < -0.4 is 14.9 Å². The maximum absolute atomic E-state index is 13.3. The minimum atomic E-state index is -0.172. The lowest BCUT2D eigenvalue weighted by atomic mass is 9.87. The lowest BCUT2D eigenvalue weighted by Gasteiger charge is -2.38. The van der Waals surface area contributed by atoms with Crippen molar-refractivity contribution in [2.45, 2.75) is 58.5 Å². The summed E-state index contributed by atoms with van der Waals surface area (Å²) in [6, 6.07) is 17.7. The summed E-state index contributed by atoms with van der Waals surface area (Å²) in [7, 11) is 0. The number of nitrogens with one attached hydrogen (secondary N) is 2. The van der Waals surface area contributed by atoms with Gasteiger partial charge in [-0.1, -0.05) is 48.6 Å². The first-order chi connectivity index (χ1) is 20.4. The van der Waals surface area contributed by atoms with Crippen molar-refractivity contribution < 1.29 is 9.53 Å². The molecule has 1 fully saturated rings.